The van der Waals surface area contributed by atoms with E-state index in [1.165, 1.54) is 6.42 Å². The van der Waals surface area contributed by atoms with Crippen molar-refractivity contribution in [3.63, 3.8) is 0 Å². The predicted octanol–water partition coefficient (Wildman–Crippen LogP) is 5.03. The Labute approximate surface area is 127 Å². The van der Waals surface area contributed by atoms with Gasteiger partial charge in [0.2, 0.25) is 5.91 Å². The van der Waals surface area contributed by atoms with Crippen molar-refractivity contribution < 1.29 is 4.79 Å². The van der Waals surface area contributed by atoms with Crippen molar-refractivity contribution in [2.45, 2.75) is 81.1 Å². The summed E-state index contributed by atoms with van der Waals surface area (Å²) in [5.74, 6) is 1.57. The molecular weight excluding hydrogens is 246 g/mol. The van der Waals surface area contributed by atoms with E-state index in [2.05, 4.69) is 60.7 Å². The lowest BCUT2D eigenvalue weighted by atomic mass is 9.69. The average molecular weight is 284 g/mol. The summed E-state index contributed by atoms with van der Waals surface area (Å²) in [5, 5.41) is 3.06. The number of carbonyl (C=O) groups is 1. The third-order valence-corrected chi connectivity index (χ3v) is 4.44. The minimum atomic E-state index is 0.209. The predicted molar refractivity (Wildman–Crippen MR) is 88.7 cm³/mol. The van der Waals surface area contributed by atoms with Gasteiger partial charge in [-0.1, -0.05) is 61.8 Å². The molecule has 2 heteroatoms. The second-order valence-corrected chi connectivity index (χ2v) is 8.41. The Morgan fingerprint density at radius 2 is 1.60 bits per heavy atom. The number of hydrogen-bond acceptors (Lipinski definition) is 1. The smallest absolute Gasteiger partial charge is 0.220 e. The molecule has 0 rings (SSSR count). The summed E-state index contributed by atoms with van der Waals surface area (Å²) >= 11 is 0. The second kappa shape index (κ2) is 8.05. The second-order valence-electron chi connectivity index (χ2n) is 8.41. The maximum atomic E-state index is 11.9. The van der Waals surface area contributed by atoms with Gasteiger partial charge in [0.05, 0.1) is 0 Å². The molecule has 0 heterocycles. The zero-order valence-corrected chi connectivity index (χ0v) is 15.1. The lowest BCUT2D eigenvalue weighted by Gasteiger charge is -2.36. The Hall–Kier alpha value is -0.530. The van der Waals surface area contributed by atoms with Gasteiger partial charge < -0.3 is 5.32 Å². The van der Waals surface area contributed by atoms with Crippen LogP contribution in [-0.4, -0.2) is 12.5 Å². The van der Waals surface area contributed by atoms with E-state index < -0.39 is 0 Å². The monoisotopic (exact) mass is 283 g/mol. The standard InChI is InChI=1S/C18H37NO/c1-9-15(14(2)3)18(7,8)11-10-16(20)19-13-12-17(4,5)6/h14-15H,9-13H2,1-8H3,(H,19,20). The van der Waals surface area contributed by atoms with Gasteiger partial charge in [-0.25, -0.2) is 0 Å². The van der Waals surface area contributed by atoms with E-state index in [1.54, 1.807) is 0 Å². The first-order valence-electron chi connectivity index (χ1n) is 8.26. The maximum Gasteiger partial charge on any atom is 0.220 e. The molecule has 0 aliphatic rings. The first kappa shape index (κ1) is 19.5. The van der Waals surface area contributed by atoms with Gasteiger partial charge in [0, 0.05) is 13.0 Å². The van der Waals surface area contributed by atoms with E-state index in [4.69, 9.17) is 0 Å². The molecule has 1 atom stereocenters. The van der Waals surface area contributed by atoms with Crippen molar-refractivity contribution in [1.29, 1.82) is 0 Å². The first-order chi connectivity index (χ1) is 8.99. The highest BCUT2D eigenvalue weighted by Gasteiger charge is 2.30. The van der Waals surface area contributed by atoms with Crippen LogP contribution >= 0.6 is 0 Å². The third kappa shape index (κ3) is 7.91. The van der Waals surface area contributed by atoms with Crippen LogP contribution < -0.4 is 5.32 Å². The van der Waals surface area contributed by atoms with Crippen molar-refractivity contribution in [3.8, 4) is 0 Å². The highest BCUT2D eigenvalue weighted by atomic mass is 16.1. The van der Waals surface area contributed by atoms with Crippen molar-refractivity contribution in [2.24, 2.45) is 22.7 Å². The fraction of sp³-hybridized carbons (Fsp3) is 0.944. The highest BCUT2D eigenvalue weighted by Crippen LogP contribution is 2.38. The quantitative estimate of drug-likeness (QED) is 0.665. The third-order valence-electron chi connectivity index (χ3n) is 4.44. The van der Waals surface area contributed by atoms with Crippen LogP contribution in [0.4, 0.5) is 0 Å². The molecule has 0 aliphatic heterocycles. The maximum absolute atomic E-state index is 11.9. The van der Waals surface area contributed by atoms with Gasteiger partial charge in [0.25, 0.3) is 0 Å². The van der Waals surface area contributed by atoms with Crippen molar-refractivity contribution in [3.05, 3.63) is 0 Å². The molecule has 0 spiro atoms. The van der Waals surface area contributed by atoms with Crippen LogP contribution in [0.25, 0.3) is 0 Å². The van der Waals surface area contributed by atoms with E-state index in [1.807, 2.05) is 0 Å². The normalized spacial score (nSPS) is 14.4. The average Bonchev–Trinajstić information content (AvgIpc) is 2.24. The summed E-state index contributed by atoms with van der Waals surface area (Å²) in [4.78, 5) is 11.9. The molecule has 0 fully saturated rings. The molecule has 1 unspecified atom stereocenters. The minimum absolute atomic E-state index is 0.209. The van der Waals surface area contributed by atoms with Gasteiger partial charge >= 0.3 is 0 Å². The van der Waals surface area contributed by atoms with Crippen molar-refractivity contribution >= 4 is 5.91 Å². The number of hydrogen-bond donors (Lipinski definition) is 1. The molecule has 0 aromatic heterocycles. The Kier molecular flexibility index (Phi) is 7.83. The van der Waals surface area contributed by atoms with Gasteiger partial charge in [0.1, 0.15) is 0 Å². The van der Waals surface area contributed by atoms with Gasteiger partial charge in [-0.3, -0.25) is 4.79 Å². The van der Waals surface area contributed by atoms with Crippen LogP contribution in [0.3, 0.4) is 0 Å². The molecule has 0 saturated heterocycles. The highest BCUT2D eigenvalue weighted by molar-refractivity contribution is 5.75. The number of amides is 1. The molecule has 0 radical (unpaired) electrons. The van der Waals surface area contributed by atoms with Crippen LogP contribution in [0.5, 0.6) is 0 Å². The van der Waals surface area contributed by atoms with E-state index >= 15 is 0 Å². The summed E-state index contributed by atoms with van der Waals surface area (Å²) in [6, 6.07) is 0. The van der Waals surface area contributed by atoms with Crippen LogP contribution in [0.1, 0.15) is 81.1 Å². The lowest BCUT2D eigenvalue weighted by molar-refractivity contribution is -0.122. The van der Waals surface area contributed by atoms with E-state index in [0.717, 1.165) is 19.4 Å². The van der Waals surface area contributed by atoms with Gasteiger partial charge in [0.15, 0.2) is 0 Å². The van der Waals surface area contributed by atoms with Gasteiger partial charge in [-0.05, 0) is 35.5 Å². The van der Waals surface area contributed by atoms with Crippen molar-refractivity contribution in [2.75, 3.05) is 6.54 Å². The fourth-order valence-electron chi connectivity index (χ4n) is 3.21. The molecule has 120 valence electrons. The van der Waals surface area contributed by atoms with E-state index in [-0.39, 0.29) is 16.7 Å². The zero-order chi connectivity index (χ0) is 16.0. The fourth-order valence-corrected chi connectivity index (χ4v) is 3.21. The zero-order valence-electron chi connectivity index (χ0n) is 15.1. The summed E-state index contributed by atoms with van der Waals surface area (Å²) in [6.07, 6.45) is 3.85. The Balaban J connectivity index is 4.16. The van der Waals surface area contributed by atoms with Gasteiger partial charge in [-0.15, -0.1) is 0 Å². The SMILES string of the molecule is CCC(C(C)C)C(C)(C)CCC(=O)NCCC(C)(C)C. The molecule has 0 aromatic carbocycles. The number of carbonyl (C=O) groups excluding carboxylic acids is 1. The van der Waals surface area contributed by atoms with Crippen LogP contribution in [-0.2, 0) is 4.79 Å². The van der Waals surface area contributed by atoms with Gasteiger partial charge in [-0.2, -0.15) is 0 Å². The molecule has 0 saturated carbocycles. The lowest BCUT2D eigenvalue weighted by Crippen LogP contribution is -2.32. The Morgan fingerprint density at radius 1 is 1.05 bits per heavy atom. The first-order valence-corrected chi connectivity index (χ1v) is 8.26. The van der Waals surface area contributed by atoms with Crippen LogP contribution in [0, 0.1) is 22.7 Å². The summed E-state index contributed by atoms with van der Waals surface area (Å²) < 4.78 is 0. The molecule has 20 heavy (non-hydrogen) atoms. The Morgan fingerprint density at radius 3 is 2.00 bits per heavy atom. The molecule has 1 N–H and O–H groups in total. The van der Waals surface area contributed by atoms with E-state index in [0.29, 0.717) is 18.3 Å². The largest absolute Gasteiger partial charge is 0.356 e. The minimum Gasteiger partial charge on any atom is -0.356 e. The molecule has 0 aliphatic carbocycles. The Bertz CT molecular complexity index is 286. The summed E-state index contributed by atoms with van der Waals surface area (Å²) in [7, 11) is 0. The van der Waals surface area contributed by atoms with E-state index in [9.17, 15) is 4.79 Å². The van der Waals surface area contributed by atoms with Crippen molar-refractivity contribution in [1.82, 2.24) is 5.32 Å². The number of rotatable bonds is 8. The molecule has 0 aromatic rings. The molecular formula is C18H37NO. The number of nitrogens with one attached hydrogen (secondary N) is 1. The molecule has 0 bridgehead atoms. The van der Waals surface area contributed by atoms with Crippen LogP contribution in [0.2, 0.25) is 0 Å². The summed E-state index contributed by atoms with van der Waals surface area (Å²) in [5.41, 5.74) is 0.530. The molecule has 2 nitrogen and oxygen atoms in total. The molecule has 1 amide bonds. The topological polar surface area (TPSA) is 29.1 Å². The van der Waals surface area contributed by atoms with Crippen LogP contribution in [0.15, 0.2) is 0 Å². The summed E-state index contributed by atoms with van der Waals surface area (Å²) in [6.45, 7) is 18.9.